The SMILES string of the molecule is CCN(CC)C(C(=O)OC(C)(C)C)C(C)(C)OC(=O)N(C)N. The normalized spacial score (nSPS) is 13.7. The Morgan fingerprint density at radius 3 is 1.82 bits per heavy atom. The molecule has 1 unspecified atom stereocenters. The van der Waals surface area contributed by atoms with Gasteiger partial charge in [-0.05, 0) is 47.7 Å². The van der Waals surface area contributed by atoms with E-state index in [9.17, 15) is 9.59 Å². The highest BCUT2D eigenvalue weighted by Crippen LogP contribution is 2.24. The molecule has 0 heterocycles. The van der Waals surface area contributed by atoms with Crippen molar-refractivity contribution in [1.29, 1.82) is 0 Å². The van der Waals surface area contributed by atoms with Crippen LogP contribution >= 0.6 is 0 Å². The van der Waals surface area contributed by atoms with Crippen LogP contribution in [0.3, 0.4) is 0 Å². The largest absolute Gasteiger partial charge is 0.459 e. The highest BCUT2D eigenvalue weighted by Gasteiger charge is 2.44. The monoisotopic (exact) mass is 317 g/mol. The van der Waals surface area contributed by atoms with Crippen molar-refractivity contribution in [3.05, 3.63) is 0 Å². The number of hydrogen-bond donors (Lipinski definition) is 1. The van der Waals surface area contributed by atoms with E-state index in [2.05, 4.69) is 0 Å². The van der Waals surface area contributed by atoms with Gasteiger partial charge < -0.3 is 9.47 Å². The molecule has 0 saturated heterocycles. The molecular formula is C15H31N3O4. The molecule has 0 aliphatic heterocycles. The van der Waals surface area contributed by atoms with E-state index >= 15 is 0 Å². The van der Waals surface area contributed by atoms with Gasteiger partial charge >= 0.3 is 12.1 Å². The summed E-state index contributed by atoms with van der Waals surface area (Å²) in [5, 5.41) is 0.843. The van der Waals surface area contributed by atoms with E-state index in [1.807, 2.05) is 18.7 Å². The quantitative estimate of drug-likeness (QED) is 0.348. The van der Waals surface area contributed by atoms with E-state index in [-0.39, 0.29) is 0 Å². The van der Waals surface area contributed by atoms with Crippen molar-refractivity contribution in [1.82, 2.24) is 9.91 Å². The molecule has 0 bridgehead atoms. The summed E-state index contributed by atoms with van der Waals surface area (Å²) in [6.07, 6.45) is -0.703. The number of nitrogens with two attached hydrogens (primary N) is 1. The second kappa shape index (κ2) is 7.78. The van der Waals surface area contributed by atoms with Gasteiger partial charge in [-0.3, -0.25) is 9.69 Å². The number of rotatable bonds is 6. The van der Waals surface area contributed by atoms with E-state index in [1.165, 1.54) is 7.05 Å². The zero-order chi connectivity index (χ0) is 17.7. The number of nitrogens with zero attached hydrogens (tertiary/aromatic N) is 2. The number of ether oxygens (including phenoxy) is 2. The molecule has 1 atom stereocenters. The van der Waals surface area contributed by atoms with Crippen LogP contribution in [0.25, 0.3) is 0 Å². The first-order chi connectivity index (χ1) is 9.85. The van der Waals surface area contributed by atoms with Crippen LogP contribution in [-0.2, 0) is 14.3 Å². The molecule has 7 nitrogen and oxygen atoms in total. The topological polar surface area (TPSA) is 85.1 Å². The van der Waals surface area contributed by atoms with Crippen molar-refractivity contribution in [2.75, 3.05) is 20.1 Å². The number of amides is 1. The fourth-order valence-electron chi connectivity index (χ4n) is 2.17. The van der Waals surface area contributed by atoms with Crippen molar-refractivity contribution >= 4 is 12.1 Å². The molecule has 1 amide bonds. The van der Waals surface area contributed by atoms with E-state index in [1.54, 1.807) is 34.6 Å². The van der Waals surface area contributed by atoms with Crippen LogP contribution in [0.5, 0.6) is 0 Å². The molecule has 22 heavy (non-hydrogen) atoms. The Labute approximate surface area is 133 Å². The number of carbonyl (C=O) groups is 2. The summed E-state index contributed by atoms with van der Waals surface area (Å²) in [5.74, 6) is 4.97. The minimum absolute atomic E-state index is 0.423. The standard InChI is InChI=1S/C15H31N3O4/c1-9-18(10-2)11(12(19)21-14(3,4)5)15(6,7)22-13(20)17(8)16/h11H,9-10,16H2,1-8H3. The summed E-state index contributed by atoms with van der Waals surface area (Å²) in [5.41, 5.74) is -1.70. The molecule has 0 rings (SSSR count). The van der Waals surface area contributed by atoms with Crippen molar-refractivity contribution in [2.45, 2.75) is 65.7 Å². The number of carbonyl (C=O) groups excluding carboxylic acids is 2. The van der Waals surface area contributed by atoms with E-state index < -0.39 is 29.3 Å². The zero-order valence-corrected chi connectivity index (χ0v) is 15.1. The van der Waals surface area contributed by atoms with E-state index in [0.29, 0.717) is 13.1 Å². The van der Waals surface area contributed by atoms with Gasteiger partial charge in [-0.1, -0.05) is 13.8 Å². The second-order valence-electron chi connectivity index (χ2n) is 6.74. The summed E-state index contributed by atoms with van der Waals surface area (Å²) < 4.78 is 10.9. The third-order valence-corrected chi connectivity index (χ3v) is 3.10. The minimum Gasteiger partial charge on any atom is -0.459 e. The van der Waals surface area contributed by atoms with Crippen molar-refractivity contribution in [3.8, 4) is 0 Å². The van der Waals surface area contributed by atoms with Crippen LogP contribution in [0.2, 0.25) is 0 Å². The minimum atomic E-state index is -1.08. The lowest BCUT2D eigenvalue weighted by atomic mass is 9.96. The Bertz CT molecular complexity index is 385. The first-order valence-corrected chi connectivity index (χ1v) is 7.54. The summed E-state index contributed by atoms with van der Waals surface area (Å²) in [6.45, 7) is 13.9. The third-order valence-electron chi connectivity index (χ3n) is 3.10. The van der Waals surface area contributed by atoms with Crippen LogP contribution in [0.4, 0.5) is 4.79 Å². The molecule has 0 aromatic heterocycles. The predicted octanol–water partition coefficient (Wildman–Crippen LogP) is 1.76. The Balaban J connectivity index is 5.47. The van der Waals surface area contributed by atoms with Crippen molar-refractivity contribution in [3.63, 3.8) is 0 Å². The smallest absolute Gasteiger partial charge is 0.424 e. The zero-order valence-electron chi connectivity index (χ0n) is 15.1. The average molecular weight is 317 g/mol. The maximum atomic E-state index is 12.6. The molecule has 0 aliphatic rings. The Kier molecular flexibility index (Phi) is 7.31. The van der Waals surface area contributed by atoms with Gasteiger partial charge in [0.25, 0.3) is 0 Å². The van der Waals surface area contributed by atoms with Gasteiger partial charge in [0.05, 0.1) is 0 Å². The van der Waals surface area contributed by atoms with E-state index in [0.717, 1.165) is 5.01 Å². The summed E-state index contributed by atoms with van der Waals surface area (Å²) in [4.78, 5) is 26.3. The van der Waals surface area contributed by atoms with Gasteiger partial charge in [0.15, 0.2) is 0 Å². The first kappa shape index (κ1) is 20.7. The van der Waals surface area contributed by atoms with Crippen molar-refractivity contribution in [2.24, 2.45) is 5.84 Å². The maximum Gasteiger partial charge on any atom is 0.424 e. The van der Waals surface area contributed by atoms with Gasteiger partial charge in [0.2, 0.25) is 0 Å². The highest BCUT2D eigenvalue weighted by molar-refractivity contribution is 5.78. The van der Waals surface area contributed by atoms with Crippen LogP contribution in [0, 0.1) is 0 Å². The Morgan fingerprint density at radius 1 is 1.05 bits per heavy atom. The molecule has 0 spiro atoms. The molecular weight excluding hydrogens is 286 g/mol. The van der Waals surface area contributed by atoms with Crippen molar-refractivity contribution < 1.29 is 19.1 Å². The molecule has 0 aromatic carbocycles. The summed E-state index contributed by atoms with van der Waals surface area (Å²) in [7, 11) is 1.39. The van der Waals surface area contributed by atoms with Gasteiger partial charge in [-0.2, -0.15) is 0 Å². The molecule has 0 fully saturated rings. The number of hydrogen-bond acceptors (Lipinski definition) is 6. The number of esters is 1. The molecule has 7 heteroatoms. The van der Waals surface area contributed by atoms with Gasteiger partial charge in [0.1, 0.15) is 17.2 Å². The fraction of sp³-hybridized carbons (Fsp3) is 0.867. The summed E-state index contributed by atoms with van der Waals surface area (Å²) in [6, 6.07) is -0.717. The average Bonchev–Trinajstić information content (AvgIpc) is 2.32. The number of likely N-dealkylation sites (N-methyl/N-ethyl adjacent to an activating group) is 1. The van der Waals surface area contributed by atoms with Gasteiger partial charge in [-0.15, -0.1) is 0 Å². The third kappa shape index (κ3) is 6.19. The lowest BCUT2D eigenvalue weighted by molar-refractivity contribution is -0.171. The van der Waals surface area contributed by atoms with Crippen LogP contribution in [0.1, 0.15) is 48.5 Å². The maximum absolute atomic E-state index is 12.6. The fourth-order valence-corrected chi connectivity index (χ4v) is 2.17. The van der Waals surface area contributed by atoms with Gasteiger partial charge in [-0.25, -0.2) is 15.6 Å². The Hall–Kier alpha value is -1.34. The van der Waals surface area contributed by atoms with Crippen LogP contribution in [0.15, 0.2) is 0 Å². The second-order valence-corrected chi connectivity index (χ2v) is 6.74. The van der Waals surface area contributed by atoms with Gasteiger partial charge in [0, 0.05) is 7.05 Å². The van der Waals surface area contributed by atoms with Crippen LogP contribution in [-0.4, -0.2) is 59.4 Å². The molecule has 130 valence electrons. The molecule has 0 aromatic rings. The lowest BCUT2D eigenvalue weighted by Gasteiger charge is -2.40. The molecule has 0 radical (unpaired) electrons. The lowest BCUT2D eigenvalue weighted by Crippen LogP contribution is -2.58. The highest BCUT2D eigenvalue weighted by atomic mass is 16.6. The summed E-state index contributed by atoms with van der Waals surface area (Å²) >= 11 is 0. The molecule has 0 saturated carbocycles. The first-order valence-electron chi connectivity index (χ1n) is 7.54. The van der Waals surface area contributed by atoms with E-state index in [4.69, 9.17) is 15.3 Å². The predicted molar refractivity (Wildman–Crippen MR) is 85.1 cm³/mol. The molecule has 2 N–H and O–H groups in total. The molecule has 0 aliphatic carbocycles. The van der Waals surface area contributed by atoms with Crippen LogP contribution < -0.4 is 5.84 Å². The Morgan fingerprint density at radius 2 is 1.50 bits per heavy atom. The number of hydrazine groups is 1.